The van der Waals surface area contributed by atoms with Gasteiger partial charge < -0.3 is 15.5 Å². The summed E-state index contributed by atoms with van der Waals surface area (Å²) in [6, 6.07) is 15.6. The Bertz CT molecular complexity index is 836. The lowest BCUT2D eigenvalue weighted by Gasteiger charge is -2.36. The van der Waals surface area contributed by atoms with Crippen molar-refractivity contribution in [3.8, 4) is 0 Å². The molecule has 29 heavy (non-hydrogen) atoms. The first kappa shape index (κ1) is 21.1. The summed E-state index contributed by atoms with van der Waals surface area (Å²) in [5, 5.41) is 5.85. The summed E-state index contributed by atoms with van der Waals surface area (Å²) in [5.41, 5.74) is 2.55. The van der Waals surface area contributed by atoms with Crippen LogP contribution in [0.3, 0.4) is 0 Å². The van der Waals surface area contributed by atoms with E-state index in [-0.39, 0.29) is 0 Å². The number of nitrogens with zero attached hydrogens (tertiary/aromatic N) is 2. The maximum atomic E-state index is 12.1. The van der Waals surface area contributed by atoms with Gasteiger partial charge >= 0.3 is 11.8 Å². The molecular formula is C22H27ClN4O2. The number of piperazine rings is 1. The average Bonchev–Trinajstić information content (AvgIpc) is 2.75. The van der Waals surface area contributed by atoms with Crippen molar-refractivity contribution in [1.29, 1.82) is 0 Å². The molecule has 7 heteroatoms. The molecule has 0 bridgehead atoms. The highest BCUT2D eigenvalue weighted by Gasteiger charge is 2.18. The Labute approximate surface area is 176 Å². The second-order valence-electron chi connectivity index (χ2n) is 7.14. The van der Waals surface area contributed by atoms with Crippen LogP contribution in [-0.2, 0) is 9.59 Å². The number of anilines is 2. The minimum atomic E-state index is -0.674. The molecule has 2 aromatic carbocycles. The lowest BCUT2D eigenvalue weighted by atomic mass is 10.2. The molecule has 1 fully saturated rings. The van der Waals surface area contributed by atoms with Crippen LogP contribution in [0.25, 0.3) is 0 Å². The number of halogens is 1. The quantitative estimate of drug-likeness (QED) is 0.563. The Hall–Kier alpha value is -2.57. The van der Waals surface area contributed by atoms with Crippen molar-refractivity contribution in [3.63, 3.8) is 0 Å². The summed E-state index contributed by atoms with van der Waals surface area (Å²) >= 11 is 6.04. The Morgan fingerprint density at radius 1 is 0.966 bits per heavy atom. The summed E-state index contributed by atoms with van der Waals surface area (Å²) < 4.78 is 0. The predicted molar refractivity (Wildman–Crippen MR) is 118 cm³/mol. The van der Waals surface area contributed by atoms with Crippen LogP contribution in [0.15, 0.2) is 48.5 Å². The largest absolute Gasteiger partial charge is 0.369 e. The van der Waals surface area contributed by atoms with E-state index in [1.807, 2.05) is 6.07 Å². The first-order valence-corrected chi connectivity index (χ1v) is 10.3. The van der Waals surface area contributed by atoms with Crippen LogP contribution in [0.1, 0.15) is 12.0 Å². The van der Waals surface area contributed by atoms with Crippen molar-refractivity contribution < 1.29 is 9.59 Å². The van der Waals surface area contributed by atoms with E-state index in [9.17, 15) is 9.59 Å². The zero-order valence-corrected chi connectivity index (χ0v) is 17.4. The number of nitrogens with one attached hydrogen (secondary N) is 2. The van der Waals surface area contributed by atoms with Crippen LogP contribution in [0.4, 0.5) is 11.4 Å². The smallest absolute Gasteiger partial charge is 0.313 e. The zero-order chi connectivity index (χ0) is 20.6. The Morgan fingerprint density at radius 3 is 2.41 bits per heavy atom. The number of carbonyl (C=O) groups is 2. The summed E-state index contributed by atoms with van der Waals surface area (Å²) in [6.45, 7) is 7.16. The first-order valence-electron chi connectivity index (χ1n) is 9.91. The highest BCUT2D eigenvalue weighted by Crippen LogP contribution is 2.22. The topological polar surface area (TPSA) is 64.7 Å². The molecule has 0 aliphatic carbocycles. The van der Waals surface area contributed by atoms with Crippen LogP contribution in [0.2, 0.25) is 5.02 Å². The molecule has 1 aliphatic heterocycles. The van der Waals surface area contributed by atoms with E-state index in [0.29, 0.717) is 17.3 Å². The molecule has 0 atom stereocenters. The van der Waals surface area contributed by atoms with Crippen LogP contribution in [-0.4, -0.2) is 56.0 Å². The molecule has 6 nitrogen and oxygen atoms in total. The number of hydrogen-bond donors (Lipinski definition) is 2. The normalized spacial score (nSPS) is 14.5. The minimum absolute atomic E-state index is 0.472. The summed E-state index contributed by atoms with van der Waals surface area (Å²) in [5.74, 6) is -1.30. The molecule has 1 saturated heterocycles. The third-order valence-electron chi connectivity index (χ3n) is 5.15. The molecule has 0 saturated carbocycles. The Morgan fingerprint density at radius 2 is 1.69 bits per heavy atom. The number of benzene rings is 2. The summed E-state index contributed by atoms with van der Waals surface area (Å²) in [6.07, 6.45) is 0.806. The van der Waals surface area contributed by atoms with Gasteiger partial charge in [0.05, 0.1) is 0 Å². The molecule has 3 rings (SSSR count). The predicted octanol–water partition coefficient (Wildman–Crippen LogP) is 2.92. The van der Waals surface area contributed by atoms with Gasteiger partial charge in [-0.3, -0.25) is 14.5 Å². The molecule has 154 valence electrons. The van der Waals surface area contributed by atoms with Gasteiger partial charge in [-0.05, 0) is 49.7 Å². The zero-order valence-electron chi connectivity index (χ0n) is 16.7. The fraction of sp³-hybridized carbons (Fsp3) is 0.364. The standard InChI is InChI=1S/C22H27ClN4O2/c1-17-19(23)9-5-10-20(17)25-22(29)21(28)24-11-6-12-26-13-15-27(16-14-26)18-7-3-2-4-8-18/h2-5,7-10H,6,11-16H2,1H3,(H,24,28)(H,25,29). The van der Waals surface area contributed by atoms with E-state index in [2.05, 4.69) is 44.7 Å². The number of para-hydroxylation sites is 1. The van der Waals surface area contributed by atoms with E-state index in [4.69, 9.17) is 11.6 Å². The lowest BCUT2D eigenvalue weighted by molar-refractivity contribution is -0.136. The maximum Gasteiger partial charge on any atom is 0.313 e. The van der Waals surface area contributed by atoms with Crippen molar-refractivity contribution in [3.05, 3.63) is 59.1 Å². The van der Waals surface area contributed by atoms with Gasteiger partial charge in [-0.25, -0.2) is 0 Å². The summed E-state index contributed by atoms with van der Waals surface area (Å²) in [4.78, 5) is 28.9. The van der Waals surface area contributed by atoms with E-state index < -0.39 is 11.8 Å². The van der Waals surface area contributed by atoms with Crippen molar-refractivity contribution >= 4 is 34.8 Å². The monoisotopic (exact) mass is 414 g/mol. The molecule has 0 aromatic heterocycles. The van der Waals surface area contributed by atoms with E-state index in [1.54, 1.807) is 25.1 Å². The molecular weight excluding hydrogens is 388 g/mol. The SMILES string of the molecule is Cc1c(Cl)cccc1NC(=O)C(=O)NCCCN1CCN(c2ccccc2)CC1. The molecule has 2 amide bonds. The average molecular weight is 415 g/mol. The second-order valence-corrected chi connectivity index (χ2v) is 7.55. The third kappa shape index (κ3) is 5.95. The van der Waals surface area contributed by atoms with Gasteiger partial charge in [0.2, 0.25) is 0 Å². The fourth-order valence-electron chi connectivity index (χ4n) is 3.38. The number of rotatable bonds is 6. The molecule has 2 N–H and O–H groups in total. The number of hydrogen-bond acceptors (Lipinski definition) is 4. The Balaban J connectivity index is 1.34. The van der Waals surface area contributed by atoms with Gasteiger partial charge in [-0.2, -0.15) is 0 Å². The molecule has 1 heterocycles. The van der Waals surface area contributed by atoms with Crippen molar-refractivity contribution in [2.75, 3.05) is 49.5 Å². The Kier molecular flexibility index (Phi) is 7.49. The van der Waals surface area contributed by atoms with Gasteiger partial charge in [-0.1, -0.05) is 35.9 Å². The van der Waals surface area contributed by atoms with Gasteiger partial charge in [0.1, 0.15) is 0 Å². The molecule has 0 radical (unpaired) electrons. The number of amides is 2. The van der Waals surface area contributed by atoms with Crippen LogP contribution in [0.5, 0.6) is 0 Å². The van der Waals surface area contributed by atoms with Gasteiger partial charge in [0, 0.05) is 49.1 Å². The van der Waals surface area contributed by atoms with E-state index in [0.717, 1.165) is 44.7 Å². The van der Waals surface area contributed by atoms with E-state index >= 15 is 0 Å². The number of carbonyl (C=O) groups excluding carboxylic acids is 2. The fourth-order valence-corrected chi connectivity index (χ4v) is 3.55. The molecule has 1 aliphatic rings. The van der Waals surface area contributed by atoms with Gasteiger partial charge in [-0.15, -0.1) is 0 Å². The van der Waals surface area contributed by atoms with Crippen LogP contribution >= 0.6 is 11.6 Å². The first-order chi connectivity index (χ1) is 14.0. The molecule has 2 aromatic rings. The van der Waals surface area contributed by atoms with Gasteiger partial charge in [0.15, 0.2) is 0 Å². The van der Waals surface area contributed by atoms with Crippen molar-refractivity contribution in [1.82, 2.24) is 10.2 Å². The van der Waals surface area contributed by atoms with Crippen LogP contribution < -0.4 is 15.5 Å². The van der Waals surface area contributed by atoms with Crippen molar-refractivity contribution in [2.24, 2.45) is 0 Å². The van der Waals surface area contributed by atoms with Crippen LogP contribution in [0, 0.1) is 6.92 Å². The highest BCUT2D eigenvalue weighted by molar-refractivity contribution is 6.40. The minimum Gasteiger partial charge on any atom is -0.369 e. The molecule has 0 spiro atoms. The third-order valence-corrected chi connectivity index (χ3v) is 5.56. The maximum absolute atomic E-state index is 12.1. The second kappa shape index (κ2) is 10.3. The highest BCUT2D eigenvalue weighted by atomic mass is 35.5. The van der Waals surface area contributed by atoms with Gasteiger partial charge in [0.25, 0.3) is 0 Å². The van der Waals surface area contributed by atoms with E-state index in [1.165, 1.54) is 5.69 Å². The molecule has 0 unspecified atom stereocenters. The summed E-state index contributed by atoms with van der Waals surface area (Å²) in [7, 11) is 0. The lowest BCUT2D eigenvalue weighted by Crippen LogP contribution is -2.47. The van der Waals surface area contributed by atoms with Crippen molar-refractivity contribution in [2.45, 2.75) is 13.3 Å².